The van der Waals surface area contributed by atoms with E-state index in [1.807, 2.05) is 31.0 Å². The summed E-state index contributed by atoms with van der Waals surface area (Å²) in [7, 11) is 1.96. The van der Waals surface area contributed by atoms with Crippen LogP contribution in [0.25, 0.3) is 0 Å². The van der Waals surface area contributed by atoms with Crippen LogP contribution in [0.15, 0.2) is 34.8 Å². The lowest BCUT2D eigenvalue weighted by Crippen LogP contribution is -2.19. The van der Waals surface area contributed by atoms with E-state index in [0.29, 0.717) is 28.2 Å². The van der Waals surface area contributed by atoms with Crippen LogP contribution in [-0.2, 0) is 6.54 Å². The van der Waals surface area contributed by atoms with Crippen molar-refractivity contribution in [2.24, 2.45) is 0 Å². The van der Waals surface area contributed by atoms with Crippen LogP contribution in [0.3, 0.4) is 0 Å². The van der Waals surface area contributed by atoms with Gasteiger partial charge < -0.3 is 10.2 Å². The minimum Gasteiger partial charge on any atom is -0.369 e. The summed E-state index contributed by atoms with van der Waals surface area (Å²) in [5.41, 5.74) is 1.17. The molecule has 0 radical (unpaired) electrons. The second-order valence-corrected chi connectivity index (χ2v) is 6.37. The summed E-state index contributed by atoms with van der Waals surface area (Å²) >= 11 is 15.9. The molecule has 0 saturated carbocycles. The van der Waals surface area contributed by atoms with Gasteiger partial charge in [-0.2, -0.15) is 0 Å². The van der Waals surface area contributed by atoms with Crippen molar-refractivity contribution in [3.05, 3.63) is 50.4 Å². The molecule has 6 heteroatoms. The summed E-state index contributed by atoms with van der Waals surface area (Å²) in [5, 5.41) is 4.21. The van der Waals surface area contributed by atoms with Gasteiger partial charge in [0.2, 0.25) is 0 Å². The predicted octanol–water partition coefficient (Wildman–Crippen LogP) is 5.22. The van der Waals surface area contributed by atoms with E-state index in [1.54, 1.807) is 6.07 Å². The zero-order valence-electron chi connectivity index (χ0n) is 11.8. The normalized spacial score (nSPS) is 10.5. The lowest BCUT2D eigenvalue weighted by Gasteiger charge is -2.21. The first-order chi connectivity index (χ1) is 10.0. The minimum absolute atomic E-state index is 0.529. The van der Waals surface area contributed by atoms with Gasteiger partial charge in [0.05, 0.1) is 10.0 Å². The Morgan fingerprint density at radius 2 is 2.00 bits per heavy atom. The summed E-state index contributed by atoms with van der Waals surface area (Å²) in [4.78, 5) is 6.52. The molecular weight excluding hydrogens is 373 g/mol. The first-order valence-electron chi connectivity index (χ1n) is 6.56. The third kappa shape index (κ3) is 4.25. The standard InChI is InChI=1S/C15H16BrCl2N3/c1-3-19-14-12(17)8-13(18)15(20-14)21(2)9-10-5-4-6-11(16)7-10/h4-8H,3,9H2,1-2H3,(H,19,20). The molecule has 1 N–H and O–H groups in total. The molecule has 0 aliphatic heterocycles. The Hall–Kier alpha value is -0.970. The van der Waals surface area contributed by atoms with Crippen molar-refractivity contribution in [2.45, 2.75) is 13.5 Å². The molecule has 0 bridgehead atoms. The van der Waals surface area contributed by atoms with Gasteiger partial charge in [0.1, 0.15) is 11.6 Å². The molecule has 0 fully saturated rings. The molecule has 3 nitrogen and oxygen atoms in total. The third-order valence-electron chi connectivity index (χ3n) is 2.93. The Kier molecular flexibility index (Phi) is 5.73. The average molecular weight is 389 g/mol. The molecule has 2 rings (SSSR count). The van der Waals surface area contributed by atoms with Gasteiger partial charge in [0.25, 0.3) is 0 Å². The molecular formula is C15H16BrCl2N3. The number of hydrogen-bond donors (Lipinski definition) is 1. The molecule has 112 valence electrons. The molecule has 2 aromatic rings. The summed E-state index contributed by atoms with van der Waals surface area (Å²) in [5.74, 6) is 1.36. The maximum atomic E-state index is 6.27. The van der Waals surface area contributed by atoms with E-state index >= 15 is 0 Å². The van der Waals surface area contributed by atoms with Crippen molar-refractivity contribution in [1.29, 1.82) is 0 Å². The molecule has 0 aliphatic carbocycles. The van der Waals surface area contributed by atoms with Crippen molar-refractivity contribution in [3.8, 4) is 0 Å². The van der Waals surface area contributed by atoms with Crippen LogP contribution in [-0.4, -0.2) is 18.6 Å². The van der Waals surface area contributed by atoms with Gasteiger partial charge in [-0.15, -0.1) is 0 Å². The van der Waals surface area contributed by atoms with E-state index in [0.717, 1.165) is 11.0 Å². The largest absolute Gasteiger partial charge is 0.369 e. The first-order valence-corrected chi connectivity index (χ1v) is 8.11. The number of halogens is 3. The summed E-state index contributed by atoms with van der Waals surface area (Å²) in [6.07, 6.45) is 0. The number of pyridine rings is 1. The van der Waals surface area contributed by atoms with Crippen molar-refractivity contribution in [2.75, 3.05) is 23.8 Å². The Morgan fingerprint density at radius 1 is 1.24 bits per heavy atom. The van der Waals surface area contributed by atoms with E-state index < -0.39 is 0 Å². The number of hydrogen-bond acceptors (Lipinski definition) is 3. The summed E-state index contributed by atoms with van der Waals surface area (Å²) in [6.45, 7) is 3.46. The van der Waals surface area contributed by atoms with Gasteiger partial charge in [-0.05, 0) is 30.7 Å². The van der Waals surface area contributed by atoms with Crippen LogP contribution in [0.4, 0.5) is 11.6 Å². The molecule has 0 saturated heterocycles. The first kappa shape index (κ1) is 16.4. The maximum Gasteiger partial charge on any atom is 0.149 e. The number of nitrogens with zero attached hydrogens (tertiary/aromatic N) is 2. The van der Waals surface area contributed by atoms with E-state index in [4.69, 9.17) is 23.2 Å². The zero-order valence-corrected chi connectivity index (χ0v) is 14.9. The topological polar surface area (TPSA) is 28.2 Å². The molecule has 0 aliphatic rings. The number of aromatic nitrogens is 1. The SMILES string of the molecule is CCNc1nc(N(C)Cc2cccc(Br)c2)c(Cl)cc1Cl. The van der Waals surface area contributed by atoms with Crippen molar-refractivity contribution >= 4 is 50.8 Å². The van der Waals surface area contributed by atoms with Gasteiger partial charge >= 0.3 is 0 Å². The lowest BCUT2D eigenvalue weighted by molar-refractivity contribution is 0.897. The number of nitrogens with one attached hydrogen (secondary N) is 1. The van der Waals surface area contributed by atoms with Crippen molar-refractivity contribution in [3.63, 3.8) is 0 Å². The van der Waals surface area contributed by atoms with Gasteiger partial charge in [-0.3, -0.25) is 0 Å². The van der Waals surface area contributed by atoms with Gasteiger partial charge in [0.15, 0.2) is 0 Å². The maximum absolute atomic E-state index is 6.27. The monoisotopic (exact) mass is 387 g/mol. The molecule has 0 spiro atoms. The van der Waals surface area contributed by atoms with Crippen molar-refractivity contribution < 1.29 is 0 Å². The van der Waals surface area contributed by atoms with Gasteiger partial charge in [-0.25, -0.2) is 4.98 Å². The Balaban J connectivity index is 2.26. The number of benzene rings is 1. The second-order valence-electron chi connectivity index (χ2n) is 4.64. The average Bonchev–Trinajstić information content (AvgIpc) is 2.41. The van der Waals surface area contributed by atoms with Crippen molar-refractivity contribution in [1.82, 2.24) is 4.98 Å². The molecule has 0 unspecified atom stereocenters. The smallest absolute Gasteiger partial charge is 0.149 e. The Labute approximate surface area is 143 Å². The quantitative estimate of drug-likeness (QED) is 0.760. The van der Waals surface area contributed by atoms with Gasteiger partial charge in [0, 0.05) is 24.6 Å². The van der Waals surface area contributed by atoms with E-state index in [9.17, 15) is 0 Å². The Morgan fingerprint density at radius 3 is 2.67 bits per heavy atom. The molecule has 0 atom stereocenters. The molecule has 1 aromatic carbocycles. The highest BCUT2D eigenvalue weighted by Gasteiger charge is 2.13. The fraction of sp³-hybridized carbons (Fsp3) is 0.267. The molecule has 1 heterocycles. The molecule has 0 amide bonds. The lowest BCUT2D eigenvalue weighted by atomic mass is 10.2. The highest BCUT2D eigenvalue weighted by Crippen LogP contribution is 2.31. The zero-order chi connectivity index (χ0) is 15.4. The van der Waals surface area contributed by atoms with E-state index in [-0.39, 0.29) is 0 Å². The van der Waals surface area contributed by atoms with E-state index in [1.165, 1.54) is 5.56 Å². The van der Waals surface area contributed by atoms with E-state index in [2.05, 4.69) is 38.4 Å². The van der Waals surface area contributed by atoms with Crippen LogP contribution in [0, 0.1) is 0 Å². The van der Waals surface area contributed by atoms with Crippen LogP contribution in [0.2, 0.25) is 10.0 Å². The highest BCUT2D eigenvalue weighted by atomic mass is 79.9. The highest BCUT2D eigenvalue weighted by molar-refractivity contribution is 9.10. The van der Waals surface area contributed by atoms with Crippen LogP contribution in [0.5, 0.6) is 0 Å². The molecule has 21 heavy (non-hydrogen) atoms. The third-order valence-corrected chi connectivity index (χ3v) is 3.99. The van der Waals surface area contributed by atoms with Gasteiger partial charge in [-0.1, -0.05) is 51.3 Å². The second kappa shape index (κ2) is 7.34. The predicted molar refractivity (Wildman–Crippen MR) is 94.7 cm³/mol. The van der Waals surface area contributed by atoms with Crippen LogP contribution < -0.4 is 10.2 Å². The fourth-order valence-corrected chi connectivity index (χ4v) is 3.02. The minimum atomic E-state index is 0.529. The number of anilines is 2. The Bertz CT molecular complexity index is 634. The fourth-order valence-electron chi connectivity index (χ4n) is 2.00. The van der Waals surface area contributed by atoms with Crippen LogP contribution >= 0.6 is 39.1 Å². The molecule has 1 aromatic heterocycles. The summed E-state index contributed by atoms with van der Waals surface area (Å²) in [6, 6.07) is 9.87. The number of rotatable bonds is 5. The summed E-state index contributed by atoms with van der Waals surface area (Å²) < 4.78 is 1.05. The van der Waals surface area contributed by atoms with Crippen LogP contribution in [0.1, 0.15) is 12.5 Å².